The van der Waals surface area contributed by atoms with Gasteiger partial charge >= 0.3 is 0 Å². The molecule has 6 heteroatoms. The zero-order chi connectivity index (χ0) is 17.5. The zero-order valence-corrected chi connectivity index (χ0v) is 14.5. The molecular weight excluding hydrogens is 316 g/mol. The summed E-state index contributed by atoms with van der Waals surface area (Å²) < 4.78 is 5.32. The molecule has 0 unspecified atom stereocenters. The van der Waals surface area contributed by atoms with Crippen LogP contribution < -0.4 is 10.2 Å². The van der Waals surface area contributed by atoms with Crippen LogP contribution in [0.25, 0.3) is 0 Å². The van der Waals surface area contributed by atoms with Crippen LogP contribution >= 0.6 is 0 Å². The molecular formula is C19H24N4O2. The van der Waals surface area contributed by atoms with Crippen molar-refractivity contribution >= 4 is 17.3 Å². The molecule has 0 spiro atoms. The van der Waals surface area contributed by atoms with Crippen molar-refractivity contribution in [3.05, 3.63) is 54.4 Å². The molecule has 1 aliphatic rings. The standard InChI is InChI=1S/C19H24N4O2/c1-22(16-5-3-2-4-6-16)17-7-8-18(21-15-17)19(24)20-9-10-23-11-13-25-14-12-23/h2-8,15H,9-14H2,1H3,(H,20,24). The van der Waals surface area contributed by atoms with Crippen LogP contribution in [0, 0.1) is 0 Å². The molecule has 0 atom stereocenters. The molecule has 1 N–H and O–H groups in total. The largest absolute Gasteiger partial charge is 0.379 e. The number of benzene rings is 1. The number of ether oxygens (including phenoxy) is 1. The Labute approximate surface area is 148 Å². The van der Waals surface area contributed by atoms with Gasteiger partial charge in [0.25, 0.3) is 5.91 Å². The topological polar surface area (TPSA) is 57.7 Å². The maximum Gasteiger partial charge on any atom is 0.269 e. The summed E-state index contributed by atoms with van der Waals surface area (Å²) in [6.07, 6.45) is 1.73. The van der Waals surface area contributed by atoms with Crippen LogP contribution in [0.1, 0.15) is 10.5 Å². The van der Waals surface area contributed by atoms with E-state index in [-0.39, 0.29) is 5.91 Å². The lowest BCUT2D eigenvalue weighted by Gasteiger charge is -2.26. The number of carbonyl (C=O) groups is 1. The summed E-state index contributed by atoms with van der Waals surface area (Å²) in [6, 6.07) is 13.7. The Hall–Kier alpha value is -2.44. The van der Waals surface area contributed by atoms with E-state index in [0.29, 0.717) is 12.2 Å². The Morgan fingerprint density at radius 1 is 1.16 bits per heavy atom. The van der Waals surface area contributed by atoms with Gasteiger partial charge in [0, 0.05) is 38.9 Å². The minimum absolute atomic E-state index is 0.137. The molecule has 132 valence electrons. The van der Waals surface area contributed by atoms with Gasteiger partial charge in [-0.25, -0.2) is 4.98 Å². The fourth-order valence-corrected chi connectivity index (χ4v) is 2.76. The van der Waals surface area contributed by atoms with Crippen molar-refractivity contribution in [3.8, 4) is 0 Å². The predicted molar refractivity (Wildman–Crippen MR) is 98.3 cm³/mol. The molecule has 3 rings (SSSR count). The van der Waals surface area contributed by atoms with Gasteiger partial charge in [0.2, 0.25) is 0 Å². The van der Waals surface area contributed by atoms with Gasteiger partial charge in [0.1, 0.15) is 5.69 Å². The van der Waals surface area contributed by atoms with Crippen molar-refractivity contribution in [2.75, 3.05) is 51.3 Å². The first-order chi connectivity index (χ1) is 12.2. The molecule has 1 saturated heterocycles. The average molecular weight is 340 g/mol. The molecule has 1 aromatic carbocycles. The lowest BCUT2D eigenvalue weighted by Crippen LogP contribution is -2.41. The van der Waals surface area contributed by atoms with Crippen LogP contribution in [0.15, 0.2) is 48.7 Å². The summed E-state index contributed by atoms with van der Waals surface area (Å²) in [5.41, 5.74) is 2.45. The first-order valence-corrected chi connectivity index (χ1v) is 8.57. The van der Waals surface area contributed by atoms with E-state index >= 15 is 0 Å². The third-order valence-electron chi connectivity index (χ3n) is 4.33. The second kappa shape index (κ2) is 8.60. The van der Waals surface area contributed by atoms with Gasteiger partial charge in [-0.15, -0.1) is 0 Å². The van der Waals surface area contributed by atoms with E-state index in [0.717, 1.165) is 44.2 Å². The fourth-order valence-electron chi connectivity index (χ4n) is 2.76. The van der Waals surface area contributed by atoms with E-state index in [9.17, 15) is 4.79 Å². The Morgan fingerprint density at radius 3 is 2.60 bits per heavy atom. The molecule has 0 aliphatic carbocycles. The molecule has 1 aliphatic heterocycles. The van der Waals surface area contributed by atoms with Crippen molar-refractivity contribution in [3.63, 3.8) is 0 Å². The Bertz CT molecular complexity index is 670. The lowest BCUT2D eigenvalue weighted by molar-refractivity contribution is 0.0383. The van der Waals surface area contributed by atoms with Crippen LogP contribution in [0.4, 0.5) is 11.4 Å². The SMILES string of the molecule is CN(c1ccccc1)c1ccc(C(=O)NCCN2CCOCC2)nc1. The second-order valence-corrected chi connectivity index (χ2v) is 6.01. The first-order valence-electron chi connectivity index (χ1n) is 8.57. The molecule has 1 aromatic heterocycles. The van der Waals surface area contributed by atoms with Crippen LogP contribution in [0.3, 0.4) is 0 Å². The number of hydrogen-bond donors (Lipinski definition) is 1. The van der Waals surface area contributed by atoms with E-state index in [1.807, 2.05) is 48.3 Å². The number of morpholine rings is 1. The third kappa shape index (κ3) is 4.78. The normalized spacial score (nSPS) is 14.9. The zero-order valence-electron chi connectivity index (χ0n) is 14.5. The van der Waals surface area contributed by atoms with E-state index in [1.54, 1.807) is 12.3 Å². The number of rotatable bonds is 6. The van der Waals surface area contributed by atoms with Crippen LogP contribution in [0.2, 0.25) is 0 Å². The second-order valence-electron chi connectivity index (χ2n) is 6.01. The van der Waals surface area contributed by atoms with Crippen LogP contribution in [-0.2, 0) is 4.74 Å². The van der Waals surface area contributed by atoms with Gasteiger partial charge in [-0.1, -0.05) is 18.2 Å². The van der Waals surface area contributed by atoms with Crippen molar-refractivity contribution in [2.45, 2.75) is 0 Å². The smallest absolute Gasteiger partial charge is 0.269 e. The van der Waals surface area contributed by atoms with Gasteiger partial charge in [0.15, 0.2) is 0 Å². The van der Waals surface area contributed by atoms with Crippen molar-refractivity contribution in [1.82, 2.24) is 15.2 Å². The van der Waals surface area contributed by atoms with Crippen molar-refractivity contribution in [1.29, 1.82) is 0 Å². The summed E-state index contributed by atoms with van der Waals surface area (Å²) >= 11 is 0. The highest BCUT2D eigenvalue weighted by atomic mass is 16.5. The van der Waals surface area contributed by atoms with E-state index in [1.165, 1.54) is 0 Å². The molecule has 0 radical (unpaired) electrons. The Balaban J connectivity index is 1.51. The Morgan fingerprint density at radius 2 is 1.92 bits per heavy atom. The number of hydrogen-bond acceptors (Lipinski definition) is 5. The maximum atomic E-state index is 12.2. The molecule has 2 aromatic rings. The summed E-state index contributed by atoms with van der Waals surface area (Å²) in [6.45, 7) is 4.84. The van der Waals surface area contributed by atoms with E-state index in [4.69, 9.17) is 4.74 Å². The molecule has 0 saturated carbocycles. The molecule has 6 nitrogen and oxygen atoms in total. The van der Waals surface area contributed by atoms with Gasteiger partial charge < -0.3 is 15.0 Å². The van der Waals surface area contributed by atoms with E-state index < -0.39 is 0 Å². The number of nitrogens with one attached hydrogen (secondary N) is 1. The minimum atomic E-state index is -0.137. The number of aromatic nitrogens is 1. The average Bonchev–Trinajstić information content (AvgIpc) is 2.69. The monoisotopic (exact) mass is 340 g/mol. The van der Waals surface area contributed by atoms with Crippen LogP contribution in [0.5, 0.6) is 0 Å². The Kier molecular flexibility index (Phi) is 5.98. The van der Waals surface area contributed by atoms with Crippen LogP contribution in [-0.4, -0.2) is 62.2 Å². The van der Waals surface area contributed by atoms with Gasteiger partial charge in [-0.2, -0.15) is 0 Å². The number of para-hydroxylation sites is 1. The fraction of sp³-hybridized carbons (Fsp3) is 0.368. The lowest BCUT2D eigenvalue weighted by atomic mass is 10.2. The molecule has 25 heavy (non-hydrogen) atoms. The molecule has 0 bridgehead atoms. The molecule has 1 amide bonds. The third-order valence-corrected chi connectivity index (χ3v) is 4.33. The van der Waals surface area contributed by atoms with Crippen molar-refractivity contribution < 1.29 is 9.53 Å². The number of pyridine rings is 1. The van der Waals surface area contributed by atoms with E-state index in [2.05, 4.69) is 15.2 Å². The summed E-state index contributed by atoms with van der Waals surface area (Å²) in [5, 5.41) is 2.93. The number of amides is 1. The highest BCUT2D eigenvalue weighted by Crippen LogP contribution is 2.22. The summed E-state index contributed by atoms with van der Waals surface area (Å²) in [4.78, 5) is 20.8. The quantitative estimate of drug-likeness (QED) is 0.871. The minimum Gasteiger partial charge on any atom is -0.379 e. The first kappa shape index (κ1) is 17.4. The van der Waals surface area contributed by atoms with Gasteiger partial charge in [0.05, 0.1) is 25.1 Å². The molecule has 2 heterocycles. The number of anilines is 2. The van der Waals surface area contributed by atoms with Gasteiger partial charge in [-0.05, 0) is 24.3 Å². The summed E-state index contributed by atoms with van der Waals surface area (Å²) in [5.74, 6) is -0.137. The number of carbonyl (C=O) groups excluding carboxylic acids is 1. The maximum absolute atomic E-state index is 12.2. The highest BCUT2D eigenvalue weighted by molar-refractivity contribution is 5.92. The van der Waals surface area contributed by atoms with Gasteiger partial charge in [-0.3, -0.25) is 9.69 Å². The summed E-state index contributed by atoms with van der Waals surface area (Å²) in [7, 11) is 1.98. The highest BCUT2D eigenvalue weighted by Gasteiger charge is 2.12. The molecule has 1 fully saturated rings. The predicted octanol–water partition coefficient (Wildman–Crippen LogP) is 1.91. The van der Waals surface area contributed by atoms with Crippen molar-refractivity contribution in [2.24, 2.45) is 0 Å². The number of nitrogens with zero attached hydrogens (tertiary/aromatic N) is 3.